The Morgan fingerprint density at radius 3 is 1.71 bits per heavy atom. The van der Waals surface area contributed by atoms with Gasteiger partial charge in [0.05, 0.1) is 11.4 Å². The summed E-state index contributed by atoms with van der Waals surface area (Å²) in [4.78, 5) is 14.7. The van der Waals surface area contributed by atoms with Crippen LogP contribution in [0.1, 0.15) is 85.2 Å². The van der Waals surface area contributed by atoms with Gasteiger partial charge in [-0.25, -0.2) is 9.97 Å². The third-order valence-electron chi connectivity index (χ3n) is 5.49. The number of aryl methyl sites for hydroxylation is 3. The molecule has 1 unspecified atom stereocenters. The molecule has 0 saturated carbocycles. The molecule has 0 saturated heterocycles. The van der Waals surface area contributed by atoms with Crippen molar-refractivity contribution in [2.45, 2.75) is 94.7 Å². The van der Waals surface area contributed by atoms with E-state index in [0.717, 1.165) is 48.0 Å². The predicted molar refractivity (Wildman–Crippen MR) is 151 cm³/mol. The molecule has 0 spiro atoms. The molecule has 0 amide bonds. The molecular weight excluding hydrogens is 416 g/mol. The number of nitrogens with zero attached hydrogens (tertiary/aromatic N) is 4. The van der Waals surface area contributed by atoms with Crippen LogP contribution < -0.4 is 9.80 Å². The Morgan fingerprint density at radius 2 is 1.18 bits per heavy atom. The highest BCUT2D eigenvalue weighted by molar-refractivity contribution is 5.84. The number of rotatable bonds is 5. The van der Waals surface area contributed by atoms with Crippen molar-refractivity contribution >= 4 is 23.0 Å². The summed E-state index contributed by atoms with van der Waals surface area (Å²) >= 11 is 0. The van der Waals surface area contributed by atoms with Gasteiger partial charge >= 0.3 is 0 Å². The smallest absolute Gasteiger partial charge is 0.178 e. The van der Waals surface area contributed by atoms with Crippen LogP contribution in [-0.2, 0) is 6.42 Å². The van der Waals surface area contributed by atoms with Crippen LogP contribution in [0.4, 0.5) is 23.0 Å². The second kappa shape index (κ2) is 15.1. The molecule has 1 aliphatic heterocycles. The summed E-state index contributed by atoms with van der Waals surface area (Å²) in [5.41, 5.74) is 5.74. The fourth-order valence-corrected chi connectivity index (χ4v) is 4.05. The number of benzene rings is 2. The molecule has 4 heteroatoms. The molecule has 1 atom stereocenters. The van der Waals surface area contributed by atoms with Crippen molar-refractivity contribution < 1.29 is 0 Å². The Balaban J connectivity index is 0.000000894. The minimum absolute atomic E-state index is 0.150. The van der Waals surface area contributed by atoms with Crippen LogP contribution in [0.25, 0.3) is 0 Å². The standard InChI is InChI=1S/C24H28N4.3C2H6/c1-5-12-19-13-10-11-16-21(19)28-22(6-2)27(20-14-8-7-9-15-20)23-24(28)26-18(4)17(3)25-23;3*1-2/h7-11,13-16,22H,5-6,12H2,1-4H3;3*1-2H3. The van der Waals surface area contributed by atoms with Crippen LogP contribution in [-0.4, -0.2) is 16.1 Å². The van der Waals surface area contributed by atoms with E-state index in [1.54, 1.807) is 0 Å². The topological polar surface area (TPSA) is 32.3 Å². The molecule has 2 heterocycles. The zero-order chi connectivity index (χ0) is 25.7. The minimum Gasteiger partial charge on any atom is -0.302 e. The molecule has 0 N–H and O–H groups in total. The number of para-hydroxylation sites is 2. The number of fused-ring (bicyclic) bond motifs is 1. The normalized spacial score (nSPS) is 13.5. The van der Waals surface area contributed by atoms with Crippen molar-refractivity contribution in [3.63, 3.8) is 0 Å². The Hall–Kier alpha value is -2.88. The Bertz CT molecular complexity index is 969. The molecule has 3 aromatic rings. The molecule has 0 radical (unpaired) electrons. The largest absolute Gasteiger partial charge is 0.302 e. The van der Waals surface area contributed by atoms with Crippen LogP contribution in [0, 0.1) is 13.8 Å². The second-order valence-electron chi connectivity index (χ2n) is 7.38. The third-order valence-corrected chi connectivity index (χ3v) is 5.49. The van der Waals surface area contributed by atoms with Crippen molar-refractivity contribution in [2.75, 3.05) is 9.80 Å². The van der Waals surface area contributed by atoms with Gasteiger partial charge in [0.15, 0.2) is 11.6 Å². The van der Waals surface area contributed by atoms with Crippen molar-refractivity contribution in [2.24, 2.45) is 0 Å². The van der Waals surface area contributed by atoms with Crippen LogP contribution in [0.3, 0.4) is 0 Å². The van der Waals surface area contributed by atoms with E-state index in [-0.39, 0.29) is 6.17 Å². The van der Waals surface area contributed by atoms with Crippen LogP contribution in [0.5, 0.6) is 0 Å². The van der Waals surface area contributed by atoms with E-state index in [9.17, 15) is 0 Å². The molecule has 34 heavy (non-hydrogen) atoms. The van der Waals surface area contributed by atoms with Crippen molar-refractivity contribution in [1.29, 1.82) is 0 Å². The molecule has 2 aromatic carbocycles. The van der Waals surface area contributed by atoms with E-state index in [1.807, 2.05) is 55.4 Å². The summed E-state index contributed by atoms with van der Waals surface area (Å²) in [6.45, 7) is 20.6. The number of hydrogen-bond donors (Lipinski definition) is 0. The van der Waals surface area contributed by atoms with Gasteiger partial charge < -0.3 is 9.80 Å². The summed E-state index contributed by atoms with van der Waals surface area (Å²) in [6, 6.07) is 19.3. The molecule has 1 aromatic heterocycles. The first-order valence-electron chi connectivity index (χ1n) is 13.2. The van der Waals surface area contributed by atoms with E-state index in [4.69, 9.17) is 9.97 Å². The van der Waals surface area contributed by atoms with Crippen LogP contribution in [0.15, 0.2) is 54.6 Å². The van der Waals surface area contributed by atoms with E-state index in [0.29, 0.717) is 0 Å². The third kappa shape index (κ3) is 6.16. The highest BCUT2D eigenvalue weighted by atomic mass is 15.5. The molecule has 0 fully saturated rings. The minimum atomic E-state index is 0.150. The van der Waals surface area contributed by atoms with Gasteiger partial charge in [0, 0.05) is 11.4 Å². The van der Waals surface area contributed by atoms with Crippen LogP contribution in [0.2, 0.25) is 0 Å². The monoisotopic (exact) mass is 462 g/mol. The summed E-state index contributed by atoms with van der Waals surface area (Å²) in [7, 11) is 0. The maximum absolute atomic E-state index is 5.01. The quantitative estimate of drug-likeness (QED) is 0.378. The first-order valence-corrected chi connectivity index (χ1v) is 13.2. The lowest BCUT2D eigenvalue weighted by atomic mass is 10.1. The Kier molecular flexibility index (Phi) is 13.0. The van der Waals surface area contributed by atoms with Gasteiger partial charge in [0.2, 0.25) is 0 Å². The van der Waals surface area contributed by atoms with Gasteiger partial charge in [-0.15, -0.1) is 0 Å². The first-order chi connectivity index (χ1) is 16.7. The molecule has 1 aliphatic rings. The maximum Gasteiger partial charge on any atom is 0.178 e. The van der Waals surface area contributed by atoms with Crippen molar-refractivity contribution in [1.82, 2.24) is 9.97 Å². The molecule has 186 valence electrons. The SMILES string of the molecule is CC.CC.CC.CCCc1ccccc1N1c2nc(C)c(C)nc2N(c2ccccc2)C1CC. The highest BCUT2D eigenvalue weighted by Gasteiger charge is 2.40. The summed E-state index contributed by atoms with van der Waals surface area (Å²) in [5.74, 6) is 1.91. The van der Waals surface area contributed by atoms with Gasteiger partial charge in [-0.05, 0) is 50.5 Å². The highest BCUT2D eigenvalue weighted by Crippen LogP contribution is 2.47. The second-order valence-corrected chi connectivity index (χ2v) is 7.38. The van der Waals surface area contributed by atoms with Gasteiger partial charge in [-0.1, -0.05) is 98.2 Å². The van der Waals surface area contributed by atoms with Gasteiger partial charge in [0.1, 0.15) is 6.17 Å². The van der Waals surface area contributed by atoms with E-state index >= 15 is 0 Å². The van der Waals surface area contributed by atoms with E-state index < -0.39 is 0 Å². The lowest BCUT2D eigenvalue weighted by Crippen LogP contribution is -2.38. The summed E-state index contributed by atoms with van der Waals surface area (Å²) in [5, 5.41) is 0. The van der Waals surface area contributed by atoms with Crippen molar-refractivity contribution in [3.05, 3.63) is 71.5 Å². The molecule has 4 nitrogen and oxygen atoms in total. The van der Waals surface area contributed by atoms with Gasteiger partial charge in [-0.3, -0.25) is 0 Å². The molecule has 0 aliphatic carbocycles. The van der Waals surface area contributed by atoms with E-state index in [2.05, 4.69) is 78.2 Å². The fourth-order valence-electron chi connectivity index (χ4n) is 4.05. The lowest BCUT2D eigenvalue weighted by molar-refractivity contribution is 0.659. The Labute approximate surface area is 209 Å². The van der Waals surface area contributed by atoms with Crippen molar-refractivity contribution in [3.8, 4) is 0 Å². The predicted octanol–water partition coefficient (Wildman–Crippen LogP) is 9.15. The summed E-state index contributed by atoms with van der Waals surface area (Å²) in [6.07, 6.45) is 3.29. The van der Waals surface area contributed by atoms with E-state index in [1.165, 1.54) is 11.3 Å². The Morgan fingerprint density at radius 1 is 0.676 bits per heavy atom. The summed E-state index contributed by atoms with van der Waals surface area (Å²) < 4.78 is 0. The fraction of sp³-hybridized carbons (Fsp3) is 0.467. The maximum atomic E-state index is 5.01. The van der Waals surface area contributed by atoms with Gasteiger partial charge in [-0.2, -0.15) is 0 Å². The average Bonchev–Trinajstić information content (AvgIpc) is 3.21. The van der Waals surface area contributed by atoms with Gasteiger partial charge in [0.25, 0.3) is 0 Å². The first kappa shape index (κ1) is 29.2. The number of hydrogen-bond acceptors (Lipinski definition) is 4. The molecule has 4 rings (SSSR count). The number of aromatic nitrogens is 2. The zero-order valence-electron chi connectivity index (χ0n) is 23.2. The lowest BCUT2D eigenvalue weighted by Gasteiger charge is -2.32. The molecule has 0 bridgehead atoms. The van der Waals surface area contributed by atoms with Crippen LogP contribution >= 0.6 is 0 Å². The average molecular weight is 463 g/mol. The number of anilines is 4. The zero-order valence-corrected chi connectivity index (χ0v) is 23.2. The molecular formula is C30H46N4.